The van der Waals surface area contributed by atoms with Gasteiger partial charge >= 0.3 is 12.0 Å². The number of fused-ring (bicyclic) bond motifs is 1. The van der Waals surface area contributed by atoms with Crippen molar-refractivity contribution in [3.05, 3.63) is 0 Å². The average molecular weight is 283 g/mol. The lowest BCUT2D eigenvalue weighted by Gasteiger charge is -2.38. The van der Waals surface area contributed by atoms with Crippen molar-refractivity contribution in [2.45, 2.75) is 45.7 Å². The molecule has 0 aromatic heterocycles. The number of rotatable bonds is 2. The third kappa shape index (κ3) is 3.23. The van der Waals surface area contributed by atoms with E-state index in [1.54, 1.807) is 4.90 Å². The summed E-state index contributed by atoms with van der Waals surface area (Å²) in [7, 11) is 0. The van der Waals surface area contributed by atoms with Gasteiger partial charge in [0.25, 0.3) is 0 Å². The normalized spacial score (nSPS) is 25.1. The van der Waals surface area contributed by atoms with Crippen LogP contribution in [0.3, 0.4) is 0 Å². The molecule has 0 aromatic carbocycles. The molecule has 2 aliphatic heterocycles. The van der Waals surface area contributed by atoms with E-state index in [1.165, 1.54) is 6.42 Å². The Morgan fingerprint density at radius 3 is 2.55 bits per heavy atom. The second-order valence-corrected chi connectivity index (χ2v) is 6.86. The molecule has 114 valence electrons. The van der Waals surface area contributed by atoms with E-state index in [1.807, 2.05) is 20.8 Å². The second-order valence-electron chi connectivity index (χ2n) is 6.86. The summed E-state index contributed by atoms with van der Waals surface area (Å²) in [6.45, 7) is 8.87. The Labute approximate surface area is 120 Å². The van der Waals surface area contributed by atoms with Crippen molar-refractivity contribution in [3.8, 4) is 0 Å². The molecule has 6 nitrogen and oxygen atoms in total. The van der Waals surface area contributed by atoms with Gasteiger partial charge in [-0.2, -0.15) is 0 Å². The quantitative estimate of drug-likeness (QED) is 0.792. The number of carbonyl (C=O) groups excluding carboxylic acids is 1. The zero-order valence-electron chi connectivity index (χ0n) is 12.6. The van der Waals surface area contributed by atoms with Crippen LogP contribution in [0.5, 0.6) is 0 Å². The largest absolute Gasteiger partial charge is 0.480 e. The minimum Gasteiger partial charge on any atom is -0.480 e. The van der Waals surface area contributed by atoms with E-state index in [4.69, 9.17) is 0 Å². The number of carboxylic acids is 1. The highest BCUT2D eigenvalue weighted by Gasteiger charge is 2.36. The van der Waals surface area contributed by atoms with Crippen LogP contribution in [-0.2, 0) is 4.79 Å². The van der Waals surface area contributed by atoms with E-state index in [9.17, 15) is 14.7 Å². The van der Waals surface area contributed by atoms with Gasteiger partial charge < -0.3 is 15.3 Å². The van der Waals surface area contributed by atoms with Gasteiger partial charge in [-0.15, -0.1) is 0 Å². The molecule has 0 spiro atoms. The highest BCUT2D eigenvalue weighted by molar-refractivity contribution is 5.83. The lowest BCUT2D eigenvalue weighted by Crippen LogP contribution is -2.58. The molecule has 2 saturated heterocycles. The van der Waals surface area contributed by atoms with Gasteiger partial charge in [-0.3, -0.25) is 4.90 Å². The fraction of sp³-hybridized carbons (Fsp3) is 0.857. The molecule has 6 heteroatoms. The monoisotopic (exact) mass is 283 g/mol. The Morgan fingerprint density at radius 1 is 1.25 bits per heavy atom. The van der Waals surface area contributed by atoms with Crippen LogP contribution in [0.1, 0.15) is 33.6 Å². The topological polar surface area (TPSA) is 72.9 Å². The van der Waals surface area contributed by atoms with Crippen molar-refractivity contribution in [1.82, 2.24) is 15.1 Å². The summed E-state index contributed by atoms with van der Waals surface area (Å²) in [6.07, 6.45) is 2.32. The molecule has 2 atom stereocenters. The number of hydrogen-bond donors (Lipinski definition) is 2. The highest BCUT2D eigenvalue weighted by atomic mass is 16.4. The van der Waals surface area contributed by atoms with E-state index in [2.05, 4.69) is 10.2 Å². The summed E-state index contributed by atoms with van der Waals surface area (Å²) in [5, 5.41) is 11.9. The first kappa shape index (κ1) is 15.1. The zero-order valence-corrected chi connectivity index (χ0v) is 12.6. The van der Waals surface area contributed by atoms with E-state index >= 15 is 0 Å². The summed E-state index contributed by atoms with van der Waals surface area (Å²) in [4.78, 5) is 27.8. The number of aliphatic carboxylic acids is 1. The molecule has 0 saturated carbocycles. The highest BCUT2D eigenvalue weighted by Crippen LogP contribution is 2.23. The first-order valence-corrected chi connectivity index (χ1v) is 7.31. The molecular formula is C14H25N3O3. The predicted molar refractivity (Wildman–Crippen MR) is 75.6 cm³/mol. The van der Waals surface area contributed by atoms with Crippen molar-refractivity contribution in [3.63, 3.8) is 0 Å². The molecule has 2 aliphatic rings. The fourth-order valence-corrected chi connectivity index (χ4v) is 3.04. The van der Waals surface area contributed by atoms with Crippen LogP contribution in [-0.4, -0.2) is 65.2 Å². The minimum absolute atomic E-state index is 0.251. The Bertz CT molecular complexity index is 392. The maximum atomic E-state index is 12.3. The first-order valence-electron chi connectivity index (χ1n) is 7.31. The number of nitrogens with one attached hydrogen (secondary N) is 1. The molecule has 1 unspecified atom stereocenters. The first-order chi connectivity index (χ1) is 9.29. The number of urea groups is 1. The standard InChI is InChI=1S/C14H25N3O3/c1-14(2,3)11(12(18)19)15-13(20)17-8-7-16-6-4-5-10(16)9-17/h10-11H,4-9H2,1-3H3,(H,15,20)(H,18,19)/t10?,11-/m0/s1. The van der Waals surface area contributed by atoms with E-state index < -0.39 is 17.4 Å². The van der Waals surface area contributed by atoms with Crippen LogP contribution in [0.15, 0.2) is 0 Å². The molecule has 0 bridgehead atoms. The summed E-state index contributed by atoms with van der Waals surface area (Å²) >= 11 is 0. The lowest BCUT2D eigenvalue weighted by atomic mass is 9.87. The molecule has 2 amide bonds. The van der Waals surface area contributed by atoms with E-state index in [0.29, 0.717) is 19.1 Å². The molecule has 2 heterocycles. The molecule has 2 rings (SSSR count). The summed E-state index contributed by atoms with van der Waals surface area (Å²) in [5.41, 5.74) is -0.503. The van der Waals surface area contributed by atoms with Gasteiger partial charge in [-0.05, 0) is 24.8 Å². The average Bonchev–Trinajstić information content (AvgIpc) is 2.80. The minimum atomic E-state index is -0.981. The SMILES string of the molecule is CC(C)(C)[C@@H](NC(=O)N1CCN2CCCC2C1)C(=O)O. The predicted octanol–water partition coefficient (Wildman–Crippen LogP) is 0.975. The Hall–Kier alpha value is -1.30. The number of amides is 2. The van der Waals surface area contributed by atoms with Crippen molar-refractivity contribution in [1.29, 1.82) is 0 Å². The van der Waals surface area contributed by atoms with Gasteiger partial charge in [0.05, 0.1) is 0 Å². The third-order valence-electron chi connectivity index (χ3n) is 4.26. The van der Waals surface area contributed by atoms with Gasteiger partial charge in [0.2, 0.25) is 0 Å². The summed E-state index contributed by atoms with van der Waals surface area (Å²) < 4.78 is 0. The van der Waals surface area contributed by atoms with Crippen LogP contribution in [0.4, 0.5) is 4.79 Å². The Kier molecular flexibility index (Phi) is 4.22. The van der Waals surface area contributed by atoms with Crippen molar-refractivity contribution in [2.75, 3.05) is 26.2 Å². The van der Waals surface area contributed by atoms with Crippen molar-refractivity contribution in [2.24, 2.45) is 5.41 Å². The van der Waals surface area contributed by atoms with Gasteiger partial charge in [-0.25, -0.2) is 9.59 Å². The van der Waals surface area contributed by atoms with Gasteiger partial charge in [0.1, 0.15) is 6.04 Å². The molecule has 0 radical (unpaired) electrons. The van der Waals surface area contributed by atoms with Gasteiger partial charge in [-0.1, -0.05) is 20.8 Å². The molecule has 2 fully saturated rings. The molecule has 0 aromatic rings. The number of nitrogens with zero attached hydrogens (tertiary/aromatic N) is 2. The van der Waals surface area contributed by atoms with Crippen LogP contribution in [0, 0.1) is 5.41 Å². The zero-order chi connectivity index (χ0) is 14.9. The van der Waals surface area contributed by atoms with Crippen LogP contribution in [0.2, 0.25) is 0 Å². The maximum Gasteiger partial charge on any atom is 0.326 e. The van der Waals surface area contributed by atoms with Crippen molar-refractivity contribution >= 4 is 12.0 Å². The third-order valence-corrected chi connectivity index (χ3v) is 4.26. The summed E-state index contributed by atoms with van der Waals surface area (Å²) in [6, 6.07) is -0.664. The number of piperazine rings is 1. The fourth-order valence-electron chi connectivity index (χ4n) is 3.04. The maximum absolute atomic E-state index is 12.3. The molecule has 0 aliphatic carbocycles. The number of hydrogen-bond acceptors (Lipinski definition) is 3. The lowest BCUT2D eigenvalue weighted by molar-refractivity contribution is -0.142. The molecule has 20 heavy (non-hydrogen) atoms. The molecule has 2 N–H and O–H groups in total. The van der Waals surface area contributed by atoms with Crippen LogP contribution in [0.25, 0.3) is 0 Å². The van der Waals surface area contributed by atoms with Gasteiger partial charge in [0.15, 0.2) is 0 Å². The second kappa shape index (κ2) is 5.60. The van der Waals surface area contributed by atoms with E-state index in [0.717, 1.165) is 19.5 Å². The number of carboxylic acid groups (broad SMARTS) is 1. The van der Waals surface area contributed by atoms with Crippen LogP contribution >= 0.6 is 0 Å². The van der Waals surface area contributed by atoms with Crippen molar-refractivity contribution < 1.29 is 14.7 Å². The summed E-state index contributed by atoms with van der Waals surface area (Å²) in [5.74, 6) is -0.981. The van der Waals surface area contributed by atoms with E-state index in [-0.39, 0.29) is 6.03 Å². The Balaban J connectivity index is 1.95. The smallest absolute Gasteiger partial charge is 0.326 e. The molecular weight excluding hydrogens is 258 g/mol. The van der Waals surface area contributed by atoms with Crippen LogP contribution < -0.4 is 5.32 Å². The van der Waals surface area contributed by atoms with Gasteiger partial charge in [0, 0.05) is 25.7 Å². The number of carbonyl (C=O) groups is 2. The Morgan fingerprint density at radius 2 is 1.95 bits per heavy atom.